The molecule has 0 aromatic heterocycles. The maximum Gasteiger partial charge on any atom is 0.339 e. The van der Waals surface area contributed by atoms with Crippen molar-refractivity contribution in [3.8, 4) is 0 Å². The Labute approximate surface area is 132 Å². The SMILES string of the molecule is O=C(O)c1c(Cl)ccc(Cl)c1NS(=O)(=O)N1CCCCC1. The Morgan fingerprint density at radius 3 is 2.29 bits per heavy atom. The predicted molar refractivity (Wildman–Crippen MR) is 81.4 cm³/mol. The Morgan fingerprint density at radius 2 is 1.71 bits per heavy atom. The smallest absolute Gasteiger partial charge is 0.339 e. The summed E-state index contributed by atoms with van der Waals surface area (Å²) >= 11 is 11.7. The minimum Gasteiger partial charge on any atom is -0.478 e. The second-order valence-electron chi connectivity index (χ2n) is 4.65. The molecule has 116 valence electrons. The Hall–Kier alpha value is -1.02. The van der Waals surface area contributed by atoms with Crippen molar-refractivity contribution in [2.45, 2.75) is 19.3 Å². The van der Waals surface area contributed by atoms with Gasteiger partial charge >= 0.3 is 16.2 Å². The van der Waals surface area contributed by atoms with Crippen LogP contribution < -0.4 is 4.72 Å². The Kier molecular flexibility index (Phi) is 4.98. The number of nitrogens with zero attached hydrogens (tertiary/aromatic N) is 1. The van der Waals surface area contributed by atoms with Crippen molar-refractivity contribution < 1.29 is 18.3 Å². The second-order valence-corrected chi connectivity index (χ2v) is 7.14. The summed E-state index contributed by atoms with van der Waals surface area (Å²) in [4.78, 5) is 11.3. The van der Waals surface area contributed by atoms with Crippen LogP contribution in [0.2, 0.25) is 10.0 Å². The molecule has 2 N–H and O–H groups in total. The van der Waals surface area contributed by atoms with Crippen LogP contribution in [0, 0.1) is 0 Å². The minimum atomic E-state index is -3.85. The molecule has 0 bridgehead atoms. The lowest BCUT2D eigenvalue weighted by Crippen LogP contribution is -2.39. The van der Waals surface area contributed by atoms with E-state index in [4.69, 9.17) is 23.2 Å². The standard InChI is InChI=1S/C12H14Cl2N2O4S/c13-8-4-5-9(14)11(10(8)12(17)18)15-21(19,20)16-6-2-1-3-7-16/h4-5,15H,1-3,6-7H2,(H,17,18). The number of carbonyl (C=O) groups is 1. The monoisotopic (exact) mass is 352 g/mol. The highest BCUT2D eigenvalue weighted by Gasteiger charge is 2.27. The van der Waals surface area contributed by atoms with Crippen LogP contribution in [0.3, 0.4) is 0 Å². The molecule has 0 aliphatic carbocycles. The van der Waals surface area contributed by atoms with Gasteiger partial charge in [0.15, 0.2) is 0 Å². The summed E-state index contributed by atoms with van der Waals surface area (Å²) in [6.45, 7) is 0.797. The van der Waals surface area contributed by atoms with E-state index >= 15 is 0 Å². The van der Waals surface area contributed by atoms with E-state index in [1.54, 1.807) is 0 Å². The average molecular weight is 353 g/mol. The molecule has 0 atom stereocenters. The van der Waals surface area contributed by atoms with Gasteiger partial charge in [-0.1, -0.05) is 29.6 Å². The Morgan fingerprint density at radius 1 is 1.14 bits per heavy atom. The van der Waals surface area contributed by atoms with Gasteiger partial charge in [-0.3, -0.25) is 4.72 Å². The maximum absolute atomic E-state index is 12.3. The van der Waals surface area contributed by atoms with Gasteiger partial charge in [0.25, 0.3) is 0 Å². The van der Waals surface area contributed by atoms with Crippen molar-refractivity contribution >= 4 is 45.1 Å². The zero-order valence-electron chi connectivity index (χ0n) is 11.0. The first-order valence-electron chi connectivity index (χ1n) is 6.32. The summed E-state index contributed by atoms with van der Waals surface area (Å²) in [5.41, 5.74) is -0.563. The average Bonchev–Trinajstić information content (AvgIpc) is 2.43. The van der Waals surface area contributed by atoms with E-state index in [9.17, 15) is 18.3 Å². The van der Waals surface area contributed by atoms with Gasteiger partial charge in [0.05, 0.1) is 15.7 Å². The largest absolute Gasteiger partial charge is 0.478 e. The van der Waals surface area contributed by atoms with Gasteiger partial charge in [-0.2, -0.15) is 12.7 Å². The summed E-state index contributed by atoms with van der Waals surface area (Å²) in [7, 11) is -3.85. The molecule has 1 heterocycles. The van der Waals surface area contributed by atoms with Gasteiger partial charge in [-0.25, -0.2) is 4.79 Å². The molecule has 1 fully saturated rings. The minimum absolute atomic E-state index is 0.0163. The number of hydrogen-bond acceptors (Lipinski definition) is 3. The zero-order valence-corrected chi connectivity index (χ0v) is 13.3. The van der Waals surface area contributed by atoms with Crippen LogP contribution in [0.25, 0.3) is 0 Å². The van der Waals surface area contributed by atoms with Gasteiger partial charge in [0.2, 0.25) is 0 Å². The summed E-state index contributed by atoms with van der Waals surface area (Å²) in [6, 6.07) is 2.66. The van der Waals surface area contributed by atoms with Crippen molar-refractivity contribution in [2.24, 2.45) is 0 Å². The number of nitrogens with one attached hydrogen (secondary N) is 1. The van der Waals surface area contributed by atoms with Crippen molar-refractivity contribution in [3.05, 3.63) is 27.7 Å². The highest BCUT2D eigenvalue weighted by molar-refractivity contribution is 7.90. The fraction of sp³-hybridized carbons (Fsp3) is 0.417. The predicted octanol–water partition coefficient (Wildman–Crippen LogP) is 2.83. The number of aromatic carboxylic acids is 1. The zero-order chi connectivity index (χ0) is 15.6. The first-order chi connectivity index (χ1) is 9.83. The van der Waals surface area contributed by atoms with E-state index in [1.165, 1.54) is 16.4 Å². The van der Waals surface area contributed by atoms with Crippen LogP contribution in [0.1, 0.15) is 29.6 Å². The van der Waals surface area contributed by atoms with Crippen molar-refractivity contribution in [2.75, 3.05) is 17.8 Å². The normalized spacial score (nSPS) is 16.7. The fourth-order valence-electron chi connectivity index (χ4n) is 2.16. The second kappa shape index (κ2) is 6.39. The molecule has 1 aliphatic rings. The molecule has 1 aromatic rings. The van der Waals surface area contributed by atoms with E-state index in [-0.39, 0.29) is 21.3 Å². The maximum atomic E-state index is 12.3. The van der Waals surface area contributed by atoms with Gasteiger partial charge < -0.3 is 5.11 Å². The summed E-state index contributed by atoms with van der Waals surface area (Å²) in [6.07, 6.45) is 2.52. The van der Waals surface area contributed by atoms with E-state index in [1.807, 2.05) is 0 Å². The number of halogens is 2. The number of carboxylic acid groups (broad SMARTS) is 1. The number of benzene rings is 1. The van der Waals surface area contributed by atoms with Gasteiger partial charge in [0.1, 0.15) is 5.56 Å². The van der Waals surface area contributed by atoms with Gasteiger partial charge in [-0.05, 0) is 25.0 Å². The summed E-state index contributed by atoms with van der Waals surface area (Å²) < 4.78 is 28.2. The molecule has 0 saturated carbocycles. The van der Waals surface area contributed by atoms with Crippen LogP contribution in [0.4, 0.5) is 5.69 Å². The van der Waals surface area contributed by atoms with Gasteiger partial charge in [0, 0.05) is 13.1 Å². The van der Waals surface area contributed by atoms with Crippen LogP contribution in [0.15, 0.2) is 12.1 Å². The van der Waals surface area contributed by atoms with E-state index < -0.39 is 16.2 Å². The van der Waals surface area contributed by atoms with Crippen molar-refractivity contribution in [1.82, 2.24) is 4.31 Å². The lowest BCUT2D eigenvalue weighted by Gasteiger charge is -2.26. The highest BCUT2D eigenvalue weighted by Crippen LogP contribution is 2.33. The molecule has 2 rings (SSSR count). The number of rotatable bonds is 4. The summed E-state index contributed by atoms with van der Waals surface area (Å²) in [5, 5.41) is 9.09. The van der Waals surface area contributed by atoms with E-state index in [0.29, 0.717) is 13.1 Å². The molecular weight excluding hydrogens is 339 g/mol. The van der Waals surface area contributed by atoms with Crippen molar-refractivity contribution in [3.63, 3.8) is 0 Å². The first-order valence-corrected chi connectivity index (χ1v) is 8.51. The molecule has 0 radical (unpaired) electrons. The molecule has 0 amide bonds. The molecule has 9 heteroatoms. The first kappa shape index (κ1) is 16.4. The van der Waals surface area contributed by atoms with Crippen LogP contribution in [-0.2, 0) is 10.2 Å². The van der Waals surface area contributed by atoms with Crippen LogP contribution in [-0.4, -0.2) is 36.9 Å². The lowest BCUT2D eigenvalue weighted by molar-refractivity contribution is 0.0698. The van der Waals surface area contributed by atoms with Crippen LogP contribution in [0.5, 0.6) is 0 Å². The molecule has 21 heavy (non-hydrogen) atoms. The van der Waals surface area contributed by atoms with Gasteiger partial charge in [-0.15, -0.1) is 0 Å². The number of carboxylic acids is 1. The molecule has 1 aliphatic heterocycles. The van der Waals surface area contributed by atoms with E-state index in [0.717, 1.165) is 19.3 Å². The number of piperidine rings is 1. The van der Waals surface area contributed by atoms with Crippen LogP contribution >= 0.6 is 23.2 Å². The third-order valence-electron chi connectivity index (χ3n) is 3.20. The number of hydrogen-bond donors (Lipinski definition) is 2. The molecule has 1 aromatic carbocycles. The Bertz CT molecular complexity index is 657. The highest BCUT2D eigenvalue weighted by atomic mass is 35.5. The Balaban J connectivity index is 2.38. The summed E-state index contributed by atoms with van der Waals surface area (Å²) in [5.74, 6) is -1.35. The molecule has 0 spiro atoms. The quantitative estimate of drug-likeness (QED) is 0.872. The number of anilines is 1. The molecule has 1 saturated heterocycles. The third-order valence-corrected chi connectivity index (χ3v) is 5.34. The molecule has 6 nitrogen and oxygen atoms in total. The molecule has 0 unspecified atom stereocenters. The molecular formula is C12H14Cl2N2O4S. The third kappa shape index (κ3) is 3.60. The lowest BCUT2D eigenvalue weighted by atomic mass is 10.2. The fourth-order valence-corrected chi connectivity index (χ4v) is 4.00. The van der Waals surface area contributed by atoms with Crippen molar-refractivity contribution in [1.29, 1.82) is 0 Å². The van der Waals surface area contributed by atoms with E-state index in [2.05, 4.69) is 4.72 Å². The topological polar surface area (TPSA) is 86.7 Å².